The molecule has 4 heteroatoms. The largest absolute Gasteiger partial charge is 0.496 e. The molecular formula is C20H32O4. The molecule has 0 bridgehead atoms. The minimum absolute atomic E-state index is 0.252. The molecule has 0 aromatic heterocycles. The molecule has 0 saturated carbocycles. The predicted octanol–water partition coefficient (Wildman–Crippen LogP) is 4.41. The van der Waals surface area contributed by atoms with Crippen molar-refractivity contribution in [1.82, 2.24) is 0 Å². The van der Waals surface area contributed by atoms with E-state index in [9.17, 15) is 5.11 Å². The molecule has 3 atom stereocenters. The molecule has 2 rings (SSSR count). The zero-order valence-electron chi connectivity index (χ0n) is 15.9. The first-order chi connectivity index (χ1) is 11.5. The van der Waals surface area contributed by atoms with Crippen LogP contribution in [-0.2, 0) is 0 Å². The number of aliphatic hydroxyl groups excluding tert-OH is 1. The minimum Gasteiger partial charge on any atom is -0.496 e. The molecule has 1 aliphatic carbocycles. The fourth-order valence-electron chi connectivity index (χ4n) is 4.31. The zero-order chi connectivity index (χ0) is 17.9. The van der Waals surface area contributed by atoms with Crippen molar-refractivity contribution in [2.75, 3.05) is 27.9 Å². The van der Waals surface area contributed by atoms with Crippen LogP contribution < -0.4 is 14.2 Å². The van der Waals surface area contributed by atoms with Crippen molar-refractivity contribution in [2.24, 2.45) is 5.92 Å². The Morgan fingerprint density at radius 3 is 2.17 bits per heavy atom. The smallest absolute Gasteiger partial charge is 0.167 e. The second-order valence-electron chi connectivity index (χ2n) is 6.98. The van der Waals surface area contributed by atoms with Crippen LogP contribution in [0.4, 0.5) is 0 Å². The summed E-state index contributed by atoms with van der Waals surface area (Å²) in [6, 6.07) is 0. The van der Waals surface area contributed by atoms with E-state index in [1.807, 2.05) is 6.92 Å². The Bertz CT molecular complexity index is 567. The summed E-state index contributed by atoms with van der Waals surface area (Å²) in [5.41, 5.74) is 3.53. The lowest BCUT2D eigenvalue weighted by Crippen LogP contribution is -2.21. The summed E-state index contributed by atoms with van der Waals surface area (Å²) in [4.78, 5) is 0. The first-order valence-corrected chi connectivity index (χ1v) is 8.94. The van der Waals surface area contributed by atoms with Gasteiger partial charge in [-0.1, -0.05) is 13.8 Å². The number of hydrogen-bond donors (Lipinski definition) is 1. The molecular weight excluding hydrogens is 304 g/mol. The highest BCUT2D eigenvalue weighted by molar-refractivity contribution is 5.65. The van der Waals surface area contributed by atoms with Gasteiger partial charge in [-0.25, -0.2) is 0 Å². The van der Waals surface area contributed by atoms with Crippen molar-refractivity contribution >= 4 is 0 Å². The first-order valence-electron chi connectivity index (χ1n) is 8.94. The lowest BCUT2D eigenvalue weighted by molar-refractivity contribution is 0.258. The van der Waals surface area contributed by atoms with Crippen molar-refractivity contribution in [3.05, 3.63) is 16.7 Å². The van der Waals surface area contributed by atoms with Gasteiger partial charge in [0.15, 0.2) is 11.5 Å². The second kappa shape index (κ2) is 8.11. The second-order valence-corrected chi connectivity index (χ2v) is 6.98. The number of ether oxygens (including phenoxy) is 3. The van der Waals surface area contributed by atoms with Crippen molar-refractivity contribution in [3.63, 3.8) is 0 Å². The molecule has 0 radical (unpaired) electrons. The molecule has 0 fully saturated rings. The van der Waals surface area contributed by atoms with Crippen LogP contribution in [0.1, 0.15) is 68.1 Å². The van der Waals surface area contributed by atoms with Crippen molar-refractivity contribution in [1.29, 1.82) is 0 Å². The fraction of sp³-hybridized carbons (Fsp3) is 0.700. The average molecular weight is 336 g/mol. The van der Waals surface area contributed by atoms with Gasteiger partial charge in [-0.15, -0.1) is 0 Å². The molecule has 4 nitrogen and oxygen atoms in total. The molecule has 1 N–H and O–H groups in total. The van der Waals surface area contributed by atoms with Crippen LogP contribution in [0.5, 0.6) is 17.2 Å². The third kappa shape index (κ3) is 3.21. The lowest BCUT2D eigenvalue weighted by Gasteiger charge is -2.37. The highest BCUT2D eigenvalue weighted by atomic mass is 16.5. The predicted molar refractivity (Wildman–Crippen MR) is 96.7 cm³/mol. The standard InChI is InChI=1S/C20H32O4/c1-12(8-7-11-21)15-10-9-13(2)16-17(15)18(22-4)14(3)19(23-5)20(16)24-6/h12-13,15,21H,7-11H2,1-6H3/t12?,13-,15+/m0/s1. The van der Waals surface area contributed by atoms with Crippen LogP contribution >= 0.6 is 0 Å². The van der Waals surface area contributed by atoms with E-state index in [0.717, 1.165) is 48.5 Å². The van der Waals surface area contributed by atoms with Crippen molar-refractivity contribution in [2.45, 2.75) is 58.3 Å². The summed E-state index contributed by atoms with van der Waals surface area (Å²) in [5, 5.41) is 9.18. The molecule has 0 aliphatic heterocycles. The van der Waals surface area contributed by atoms with Crippen molar-refractivity contribution in [3.8, 4) is 17.2 Å². The molecule has 136 valence electrons. The normalized spacial score (nSPS) is 21.1. The molecule has 1 aliphatic rings. The Morgan fingerprint density at radius 1 is 1.00 bits per heavy atom. The van der Waals surface area contributed by atoms with Gasteiger partial charge in [0.25, 0.3) is 0 Å². The number of methoxy groups -OCH3 is 3. The van der Waals surface area contributed by atoms with E-state index in [0.29, 0.717) is 17.8 Å². The van der Waals surface area contributed by atoms with Gasteiger partial charge in [-0.3, -0.25) is 0 Å². The Morgan fingerprint density at radius 2 is 1.62 bits per heavy atom. The third-order valence-electron chi connectivity index (χ3n) is 5.56. The average Bonchev–Trinajstić information content (AvgIpc) is 2.58. The van der Waals surface area contributed by atoms with E-state index in [1.165, 1.54) is 11.1 Å². The number of fused-ring (bicyclic) bond motifs is 1. The Kier molecular flexibility index (Phi) is 6.39. The van der Waals surface area contributed by atoms with E-state index >= 15 is 0 Å². The fourth-order valence-corrected chi connectivity index (χ4v) is 4.31. The maximum Gasteiger partial charge on any atom is 0.167 e. The van der Waals surface area contributed by atoms with E-state index in [1.54, 1.807) is 21.3 Å². The number of rotatable bonds is 7. The zero-order valence-corrected chi connectivity index (χ0v) is 15.9. The molecule has 24 heavy (non-hydrogen) atoms. The Hall–Kier alpha value is -1.42. The quantitative estimate of drug-likeness (QED) is 0.801. The first kappa shape index (κ1) is 18.9. The van der Waals surface area contributed by atoms with Gasteiger partial charge >= 0.3 is 0 Å². The Balaban J connectivity index is 2.65. The monoisotopic (exact) mass is 336 g/mol. The van der Waals surface area contributed by atoms with Crippen LogP contribution in [0.15, 0.2) is 0 Å². The summed E-state index contributed by atoms with van der Waals surface area (Å²) in [6.45, 7) is 6.83. The molecule has 0 amide bonds. The Labute approximate surface area is 146 Å². The summed E-state index contributed by atoms with van der Waals surface area (Å²) < 4.78 is 17.3. The van der Waals surface area contributed by atoms with Gasteiger partial charge in [-0.2, -0.15) is 0 Å². The molecule has 0 saturated heterocycles. The number of hydrogen-bond acceptors (Lipinski definition) is 4. The van der Waals surface area contributed by atoms with Crippen LogP contribution in [-0.4, -0.2) is 33.0 Å². The third-order valence-corrected chi connectivity index (χ3v) is 5.56. The molecule has 1 aromatic carbocycles. The molecule has 0 spiro atoms. The van der Waals surface area contributed by atoms with Gasteiger partial charge in [0.1, 0.15) is 5.75 Å². The minimum atomic E-state index is 0.252. The van der Waals surface area contributed by atoms with Crippen LogP contribution in [0, 0.1) is 12.8 Å². The lowest BCUT2D eigenvalue weighted by atomic mass is 9.70. The maximum atomic E-state index is 9.18. The number of aliphatic hydroxyl groups is 1. The highest BCUT2D eigenvalue weighted by Gasteiger charge is 2.36. The van der Waals surface area contributed by atoms with Crippen LogP contribution in [0.2, 0.25) is 0 Å². The van der Waals surface area contributed by atoms with Crippen LogP contribution in [0.25, 0.3) is 0 Å². The summed E-state index contributed by atoms with van der Waals surface area (Å²) in [6.07, 6.45) is 4.14. The van der Waals surface area contributed by atoms with Gasteiger partial charge < -0.3 is 19.3 Å². The van der Waals surface area contributed by atoms with Crippen LogP contribution in [0.3, 0.4) is 0 Å². The summed E-state index contributed by atoms with van der Waals surface area (Å²) in [5.74, 6) is 3.92. The van der Waals surface area contributed by atoms with Gasteiger partial charge in [-0.05, 0) is 50.4 Å². The number of benzene rings is 1. The topological polar surface area (TPSA) is 47.9 Å². The highest BCUT2D eigenvalue weighted by Crippen LogP contribution is 2.55. The van der Waals surface area contributed by atoms with Gasteiger partial charge in [0.05, 0.1) is 21.3 Å². The van der Waals surface area contributed by atoms with Gasteiger partial charge in [0, 0.05) is 23.3 Å². The van der Waals surface area contributed by atoms with E-state index in [-0.39, 0.29) is 6.61 Å². The maximum absolute atomic E-state index is 9.18. The molecule has 1 aromatic rings. The van der Waals surface area contributed by atoms with E-state index < -0.39 is 0 Å². The van der Waals surface area contributed by atoms with Gasteiger partial charge in [0.2, 0.25) is 0 Å². The SMILES string of the molecule is COc1c(C)c(OC)c2c(c1OC)[C@@H](C)CC[C@@H]2C(C)CCCO. The summed E-state index contributed by atoms with van der Waals surface area (Å²) in [7, 11) is 5.14. The molecule has 1 unspecified atom stereocenters. The van der Waals surface area contributed by atoms with Crippen molar-refractivity contribution < 1.29 is 19.3 Å². The van der Waals surface area contributed by atoms with E-state index in [2.05, 4.69) is 13.8 Å². The van der Waals surface area contributed by atoms with E-state index in [4.69, 9.17) is 14.2 Å². The molecule has 0 heterocycles. The summed E-state index contributed by atoms with van der Waals surface area (Å²) >= 11 is 0.